The second-order valence-electron chi connectivity index (χ2n) is 10.8. The van der Waals surface area contributed by atoms with Gasteiger partial charge in [-0.2, -0.15) is 0 Å². The monoisotopic (exact) mass is 606 g/mol. The minimum atomic E-state index is -0.465. The number of benzene rings is 4. The molecule has 1 aliphatic rings. The quantitative estimate of drug-likeness (QED) is 0.191. The van der Waals surface area contributed by atoms with Crippen molar-refractivity contribution in [2.75, 3.05) is 6.61 Å². The second-order valence-corrected chi connectivity index (χ2v) is 11.3. The van der Waals surface area contributed by atoms with Gasteiger partial charge in [-0.3, -0.25) is 9.59 Å². The van der Waals surface area contributed by atoms with Crippen LogP contribution in [0.15, 0.2) is 120 Å². The highest BCUT2D eigenvalue weighted by Gasteiger charge is 2.37. The van der Waals surface area contributed by atoms with E-state index in [1.54, 1.807) is 43.0 Å². The largest absolute Gasteiger partial charge is 0.463 e. The standard InChI is InChI=1S/C37H35ClN2O4/c1-3-44-37(43)35-25(2)40(34(41)23-32(35)29-17-11-19-31(38)22-29)24-27-14-10-18-30(20-27)36(42)39-33(28-15-8-5-9-16-28)21-26-12-6-4-7-13-26/h4-20,22,32-33H,3,21,23-24H2,1-2H3,(H,39,42)/t32-,33+/m0/s1. The summed E-state index contributed by atoms with van der Waals surface area (Å²) in [4.78, 5) is 41.9. The van der Waals surface area contributed by atoms with Crippen molar-refractivity contribution in [3.63, 3.8) is 0 Å². The minimum absolute atomic E-state index is 0.101. The highest BCUT2D eigenvalue weighted by atomic mass is 35.5. The Bertz CT molecular complexity index is 1670. The van der Waals surface area contributed by atoms with Crippen molar-refractivity contribution in [2.24, 2.45) is 0 Å². The third-order valence-corrected chi connectivity index (χ3v) is 8.12. The molecule has 0 saturated heterocycles. The first-order valence-electron chi connectivity index (χ1n) is 14.8. The van der Waals surface area contributed by atoms with Gasteiger partial charge < -0.3 is 15.0 Å². The zero-order chi connectivity index (χ0) is 31.1. The maximum Gasteiger partial charge on any atom is 0.336 e. The number of halogens is 1. The summed E-state index contributed by atoms with van der Waals surface area (Å²) in [5.41, 5.74) is 5.16. The van der Waals surface area contributed by atoms with E-state index < -0.39 is 11.9 Å². The summed E-state index contributed by atoms with van der Waals surface area (Å²) >= 11 is 6.25. The summed E-state index contributed by atoms with van der Waals surface area (Å²) in [6.45, 7) is 3.96. The van der Waals surface area contributed by atoms with Crippen LogP contribution in [0.5, 0.6) is 0 Å². The molecule has 0 bridgehead atoms. The van der Waals surface area contributed by atoms with E-state index in [0.717, 1.165) is 22.3 Å². The summed E-state index contributed by atoms with van der Waals surface area (Å²) in [6, 6.07) is 34.2. The van der Waals surface area contributed by atoms with Gasteiger partial charge in [-0.25, -0.2) is 4.79 Å². The van der Waals surface area contributed by atoms with Gasteiger partial charge in [-0.1, -0.05) is 96.5 Å². The summed E-state index contributed by atoms with van der Waals surface area (Å²) < 4.78 is 5.41. The van der Waals surface area contributed by atoms with E-state index in [1.165, 1.54) is 0 Å². The average Bonchev–Trinajstić information content (AvgIpc) is 3.03. The normalized spacial score (nSPS) is 15.6. The van der Waals surface area contributed by atoms with Crippen molar-refractivity contribution in [1.29, 1.82) is 0 Å². The van der Waals surface area contributed by atoms with Gasteiger partial charge in [0.25, 0.3) is 5.91 Å². The topological polar surface area (TPSA) is 75.7 Å². The van der Waals surface area contributed by atoms with E-state index >= 15 is 0 Å². The van der Waals surface area contributed by atoms with E-state index in [2.05, 4.69) is 17.4 Å². The Hall–Kier alpha value is -4.68. The third kappa shape index (κ3) is 7.26. The Morgan fingerprint density at radius 3 is 2.30 bits per heavy atom. The summed E-state index contributed by atoms with van der Waals surface area (Å²) in [6.07, 6.45) is 0.747. The molecule has 1 aliphatic heterocycles. The Morgan fingerprint density at radius 2 is 1.59 bits per heavy atom. The molecule has 0 unspecified atom stereocenters. The molecule has 1 heterocycles. The lowest BCUT2D eigenvalue weighted by atomic mass is 9.83. The molecule has 4 aromatic rings. The lowest BCUT2D eigenvalue weighted by Gasteiger charge is -2.34. The molecule has 2 atom stereocenters. The molecule has 0 spiro atoms. The molecule has 224 valence electrons. The Morgan fingerprint density at radius 1 is 0.909 bits per heavy atom. The van der Waals surface area contributed by atoms with Crippen LogP contribution in [0.3, 0.4) is 0 Å². The van der Waals surface area contributed by atoms with Crippen LogP contribution in [0.4, 0.5) is 0 Å². The molecule has 0 aliphatic carbocycles. The SMILES string of the molecule is CCOC(=O)C1=C(C)N(Cc2cccc(C(=O)N[C@H](Cc3ccccc3)c3ccccc3)c2)C(=O)C[C@H]1c1cccc(Cl)c1. The van der Waals surface area contributed by atoms with E-state index in [9.17, 15) is 14.4 Å². The summed E-state index contributed by atoms with van der Waals surface area (Å²) in [5, 5.41) is 3.74. The lowest BCUT2D eigenvalue weighted by Crippen LogP contribution is -2.38. The first-order valence-corrected chi connectivity index (χ1v) is 15.1. The number of nitrogens with one attached hydrogen (secondary N) is 1. The Balaban J connectivity index is 1.39. The van der Waals surface area contributed by atoms with E-state index in [0.29, 0.717) is 28.3 Å². The predicted octanol–water partition coefficient (Wildman–Crippen LogP) is 7.41. The second kappa shape index (κ2) is 14.2. The van der Waals surface area contributed by atoms with Crippen LogP contribution in [0.1, 0.15) is 64.8 Å². The van der Waals surface area contributed by atoms with Crippen molar-refractivity contribution < 1.29 is 19.1 Å². The molecule has 7 heteroatoms. The van der Waals surface area contributed by atoms with Gasteiger partial charge >= 0.3 is 5.97 Å². The molecule has 4 aromatic carbocycles. The van der Waals surface area contributed by atoms with Crippen LogP contribution >= 0.6 is 11.6 Å². The van der Waals surface area contributed by atoms with Gasteiger partial charge in [0.2, 0.25) is 5.91 Å². The highest BCUT2D eigenvalue weighted by Crippen LogP contribution is 2.38. The van der Waals surface area contributed by atoms with Gasteiger partial charge in [0.1, 0.15) is 0 Å². The number of esters is 1. The molecular formula is C37H35ClN2O4. The maximum atomic E-state index is 13.6. The number of carbonyl (C=O) groups is 3. The molecule has 6 nitrogen and oxygen atoms in total. The summed E-state index contributed by atoms with van der Waals surface area (Å²) in [7, 11) is 0. The molecular weight excluding hydrogens is 572 g/mol. The number of hydrogen-bond acceptors (Lipinski definition) is 4. The number of nitrogens with zero attached hydrogens (tertiary/aromatic N) is 1. The molecule has 0 saturated carbocycles. The molecule has 0 radical (unpaired) electrons. The molecule has 5 rings (SSSR count). The van der Waals surface area contributed by atoms with Crippen LogP contribution < -0.4 is 5.32 Å². The van der Waals surface area contributed by atoms with Crippen LogP contribution in [0.25, 0.3) is 0 Å². The lowest BCUT2D eigenvalue weighted by molar-refractivity contribution is -0.140. The number of ether oxygens (including phenoxy) is 1. The molecule has 44 heavy (non-hydrogen) atoms. The van der Waals surface area contributed by atoms with Crippen LogP contribution in [-0.2, 0) is 27.3 Å². The van der Waals surface area contributed by atoms with Crippen molar-refractivity contribution >= 4 is 29.4 Å². The van der Waals surface area contributed by atoms with Gasteiger partial charge in [-0.15, -0.1) is 0 Å². The number of carbonyl (C=O) groups excluding carboxylic acids is 3. The number of allylic oxidation sites excluding steroid dienone is 1. The average molecular weight is 607 g/mol. The van der Waals surface area contributed by atoms with E-state index in [1.807, 2.05) is 72.8 Å². The van der Waals surface area contributed by atoms with E-state index in [-0.39, 0.29) is 37.4 Å². The third-order valence-electron chi connectivity index (χ3n) is 7.89. The first kappa shape index (κ1) is 30.8. The number of rotatable bonds is 10. The van der Waals surface area contributed by atoms with Gasteiger partial charge in [0.05, 0.1) is 24.8 Å². The Kier molecular flexibility index (Phi) is 9.93. The fourth-order valence-corrected chi connectivity index (χ4v) is 5.91. The molecule has 2 amide bonds. The minimum Gasteiger partial charge on any atom is -0.463 e. The zero-order valence-corrected chi connectivity index (χ0v) is 25.6. The molecule has 0 aromatic heterocycles. The smallest absolute Gasteiger partial charge is 0.336 e. The molecule has 0 fully saturated rings. The van der Waals surface area contributed by atoms with Crippen molar-refractivity contribution in [2.45, 2.75) is 45.2 Å². The van der Waals surface area contributed by atoms with Crippen LogP contribution in [-0.4, -0.2) is 29.3 Å². The summed E-state index contributed by atoms with van der Waals surface area (Å²) in [5.74, 6) is -1.25. The first-order chi connectivity index (χ1) is 21.3. The molecule has 1 N–H and O–H groups in total. The van der Waals surface area contributed by atoms with Crippen LogP contribution in [0.2, 0.25) is 5.02 Å². The predicted molar refractivity (Wildman–Crippen MR) is 172 cm³/mol. The van der Waals surface area contributed by atoms with Gasteiger partial charge in [0.15, 0.2) is 0 Å². The van der Waals surface area contributed by atoms with Crippen LogP contribution in [0, 0.1) is 0 Å². The van der Waals surface area contributed by atoms with Gasteiger partial charge in [0, 0.05) is 28.6 Å². The fourth-order valence-electron chi connectivity index (χ4n) is 5.71. The van der Waals surface area contributed by atoms with Gasteiger partial charge in [-0.05, 0) is 66.8 Å². The Labute approximate surface area is 263 Å². The van der Waals surface area contributed by atoms with Crippen molar-refractivity contribution in [3.8, 4) is 0 Å². The highest BCUT2D eigenvalue weighted by molar-refractivity contribution is 6.30. The van der Waals surface area contributed by atoms with E-state index in [4.69, 9.17) is 16.3 Å². The number of hydrogen-bond donors (Lipinski definition) is 1. The maximum absolute atomic E-state index is 13.6. The van der Waals surface area contributed by atoms with Crippen molar-refractivity contribution in [1.82, 2.24) is 10.2 Å². The fraction of sp³-hybridized carbons (Fsp3) is 0.216. The number of amides is 2. The van der Waals surface area contributed by atoms with Crippen molar-refractivity contribution in [3.05, 3.63) is 153 Å². The zero-order valence-electron chi connectivity index (χ0n) is 24.8.